The molecule has 13 heavy (non-hydrogen) atoms. The molecule has 0 spiro atoms. The topological polar surface area (TPSA) is 35.5 Å². The molecule has 2 N–H and O–H groups in total. The van der Waals surface area contributed by atoms with Crippen LogP contribution in [-0.4, -0.2) is 48.8 Å². The Balaban J connectivity index is 2.18. The molecule has 3 heteroatoms. The fourth-order valence-electron chi connectivity index (χ4n) is 1.78. The smallest absolute Gasteiger partial charge is 0.0636 e. The minimum Gasteiger partial charge on any atom is -0.392 e. The van der Waals surface area contributed by atoms with Crippen molar-refractivity contribution < 1.29 is 5.11 Å². The molecule has 0 aromatic rings. The van der Waals surface area contributed by atoms with Crippen LogP contribution in [0.4, 0.5) is 0 Å². The van der Waals surface area contributed by atoms with Crippen molar-refractivity contribution in [3.8, 4) is 0 Å². The van der Waals surface area contributed by atoms with Gasteiger partial charge in [0.05, 0.1) is 6.10 Å². The number of hydrogen-bond donors (Lipinski definition) is 2. The van der Waals surface area contributed by atoms with Gasteiger partial charge in [-0.15, -0.1) is 0 Å². The monoisotopic (exact) mass is 186 g/mol. The van der Waals surface area contributed by atoms with Crippen LogP contribution in [-0.2, 0) is 0 Å². The molecule has 0 aromatic heterocycles. The van der Waals surface area contributed by atoms with Crippen molar-refractivity contribution in [3.05, 3.63) is 0 Å². The van der Waals surface area contributed by atoms with Crippen LogP contribution in [0.2, 0.25) is 0 Å². The number of aliphatic hydroxyl groups excluding tert-OH is 1. The Morgan fingerprint density at radius 3 is 2.92 bits per heavy atom. The Morgan fingerprint density at radius 2 is 2.23 bits per heavy atom. The first kappa shape index (κ1) is 11.0. The largest absolute Gasteiger partial charge is 0.392 e. The molecule has 1 saturated heterocycles. The lowest BCUT2D eigenvalue weighted by Gasteiger charge is -2.17. The van der Waals surface area contributed by atoms with Crippen molar-refractivity contribution in [2.24, 2.45) is 0 Å². The van der Waals surface area contributed by atoms with E-state index >= 15 is 0 Å². The fraction of sp³-hybridized carbons (Fsp3) is 1.00. The average molecular weight is 186 g/mol. The number of hydrogen-bond acceptors (Lipinski definition) is 3. The predicted octanol–water partition coefficient (Wildman–Crippen LogP) is 0.441. The lowest BCUT2D eigenvalue weighted by Crippen LogP contribution is -2.35. The van der Waals surface area contributed by atoms with Crippen molar-refractivity contribution in [1.82, 2.24) is 10.2 Å². The Bertz CT molecular complexity index is 139. The summed E-state index contributed by atoms with van der Waals surface area (Å²) in [4.78, 5) is 2.38. The number of nitrogens with one attached hydrogen (secondary N) is 1. The van der Waals surface area contributed by atoms with Crippen molar-refractivity contribution >= 4 is 0 Å². The van der Waals surface area contributed by atoms with Gasteiger partial charge in [-0.2, -0.15) is 0 Å². The van der Waals surface area contributed by atoms with Gasteiger partial charge in [0.2, 0.25) is 0 Å². The van der Waals surface area contributed by atoms with Gasteiger partial charge >= 0.3 is 0 Å². The van der Waals surface area contributed by atoms with E-state index in [9.17, 15) is 0 Å². The van der Waals surface area contributed by atoms with E-state index in [1.54, 1.807) is 0 Å². The summed E-state index contributed by atoms with van der Waals surface area (Å²) in [5, 5.41) is 12.5. The first-order valence-electron chi connectivity index (χ1n) is 5.28. The number of rotatable bonds is 3. The third-order valence-corrected chi connectivity index (χ3v) is 2.65. The van der Waals surface area contributed by atoms with Gasteiger partial charge in [-0.1, -0.05) is 0 Å². The third kappa shape index (κ3) is 4.60. The van der Waals surface area contributed by atoms with E-state index in [1.165, 1.54) is 32.4 Å². The zero-order chi connectivity index (χ0) is 9.68. The lowest BCUT2D eigenvalue weighted by atomic mass is 10.1. The molecule has 1 aliphatic heterocycles. The molecule has 1 rings (SSSR count). The van der Waals surface area contributed by atoms with Crippen molar-refractivity contribution in [2.45, 2.75) is 38.3 Å². The molecule has 0 aliphatic carbocycles. The zero-order valence-electron chi connectivity index (χ0n) is 8.79. The Morgan fingerprint density at radius 1 is 1.46 bits per heavy atom. The Labute approximate surface area is 81.1 Å². The summed E-state index contributed by atoms with van der Waals surface area (Å²) in [6, 6.07) is 0.611. The van der Waals surface area contributed by atoms with Gasteiger partial charge in [0.15, 0.2) is 0 Å². The van der Waals surface area contributed by atoms with Gasteiger partial charge in [-0.05, 0) is 46.3 Å². The second kappa shape index (κ2) is 5.58. The molecule has 3 nitrogen and oxygen atoms in total. The van der Waals surface area contributed by atoms with E-state index in [0.717, 1.165) is 6.54 Å². The SMILES string of the molecule is C[C@@H](O)CNC1CCCN(C)CC1. The second-order valence-electron chi connectivity index (χ2n) is 4.19. The standard InChI is InChI=1S/C10H22N2O/c1-9(13)8-11-10-4-3-6-12(2)7-5-10/h9-11,13H,3-8H2,1-2H3/t9-,10?/m1/s1. The normalized spacial score (nSPS) is 28.4. The summed E-state index contributed by atoms with van der Waals surface area (Å²) in [5.41, 5.74) is 0. The van der Waals surface area contributed by atoms with E-state index in [2.05, 4.69) is 17.3 Å². The van der Waals surface area contributed by atoms with Crippen LogP contribution in [0.25, 0.3) is 0 Å². The summed E-state index contributed by atoms with van der Waals surface area (Å²) < 4.78 is 0. The maximum atomic E-state index is 9.13. The lowest BCUT2D eigenvalue weighted by molar-refractivity contribution is 0.184. The maximum Gasteiger partial charge on any atom is 0.0636 e. The summed E-state index contributed by atoms with van der Waals surface area (Å²) in [6.45, 7) is 4.95. The molecule has 1 unspecified atom stereocenters. The Hall–Kier alpha value is -0.120. The van der Waals surface area contributed by atoms with Gasteiger partial charge in [0, 0.05) is 12.6 Å². The van der Waals surface area contributed by atoms with E-state index in [4.69, 9.17) is 5.11 Å². The summed E-state index contributed by atoms with van der Waals surface area (Å²) >= 11 is 0. The molecule has 78 valence electrons. The molecule has 0 saturated carbocycles. The maximum absolute atomic E-state index is 9.13. The highest BCUT2D eigenvalue weighted by Crippen LogP contribution is 2.09. The summed E-state index contributed by atoms with van der Waals surface area (Å²) in [7, 11) is 2.18. The molecule has 0 radical (unpaired) electrons. The number of nitrogens with zero attached hydrogens (tertiary/aromatic N) is 1. The predicted molar refractivity (Wildman–Crippen MR) is 54.8 cm³/mol. The van der Waals surface area contributed by atoms with E-state index in [1.807, 2.05) is 6.92 Å². The number of aliphatic hydroxyl groups is 1. The third-order valence-electron chi connectivity index (χ3n) is 2.65. The number of likely N-dealkylation sites (tertiary alicyclic amines) is 1. The van der Waals surface area contributed by atoms with Crippen LogP contribution in [0.1, 0.15) is 26.2 Å². The van der Waals surface area contributed by atoms with Crippen LogP contribution >= 0.6 is 0 Å². The molecule has 0 bridgehead atoms. The minimum absolute atomic E-state index is 0.221. The van der Waals surface area contributed by atoms with Gasteiger partial charge in [0.1, 0.15) is 0 Å². The second-order valence-corrected chi connectivity index (χ2v) is 4.19. The van der Waals surface area contributed by atoms with Crippen molar-refractivity contribution in [1.29, 1.82) is 0 Å². The van der Waals surface area contributed by atoms with Crippen molar-refractivity contribution in [2.75, 3.05) is 26.7 Å². The van der Waals surface area contributed by atoms with Gasteiger partial charge in [-0.3, -0.25) is 0 Å². The molecule has 1 aliphatic rings. The molecular weight excluding hydrogens is 164 g/mol. The van der Waals surface area contributed by atoms with Crippen LogP contribution in [0.15, 0.2) is 0 Å². The van der Waals surface area contributed by atoms with Crippen LogP contribution in [0.5, 0.6) is 0 Å². The quantitative estimate of drug-likeness (QED) is 0.671. The van der Waals surface area contributed by atoms with Crippen LogP contribution < -0.4 is 5.32 Å². The van der Waals surface area contributed by atoms with Gasteiger partial charge in [0.25, 0.3) is 0 Å². The van der Waals surface area contributed by atoms with E-state index < -0.39 is 0 Å². The molecule has 0 amide bonds. The molecular formula is C10H22N2O. The molecule has 2 atom stereocenters. The Kier molecular flexibility index (Phi) is 4.70. The van der Waals surface area contributed by atoms with Crippen LogP contribution in [0.3, 0.4) is 0 Å². The first-order valence-corrected chi connectivity index (χ1v) is 5.28. The van der Waals surface area contributed by atoms with Crippen molar-refractivity contribution in [3.63, 3.8) is 0 Å². The summed E-state index contributed by atoms with van der Waals surface area (Å²) in [5.74, 6) is 0. The van der Waals surface area contributed by atoms with E-state index in [-0.39, 0.29) is 6.10 Å². The van der Waals surface area contributed by atoms with Gasteiger partial charge < -0.3 is 15.3 Å². The van der Waals surface area contributed by atoms with E-state index in [0.29, 0.717) is 6.04 Å². The van der Waals surface area contributed by atoms with Gasteiger partial charge in [-0.25, -0.2) is 0 Å². The van der Waals surface area contributed by atoms with Crippen LogP contribution in [0, 0.1) is 0 Å². The highest BCUT2D eigenvalue weighted by Gasteiger charge is 2.14. The molecule has 0 aromatic carbocycles. The first-order chi connectivity index (χ1) is 6.18. The zero-order valence-corrected chi connectivity index (χ0v) is 8.79. The fourth-order valence-corrected chi connectivity index (χ4v) is 1.78. The minimum atomic E-state index is -0.221. The highest BCUT2D eigenvalue weighted by molar-refractivity contribution is 4.73. The summed E-state index contributed by atoms with van der Waals surface area (Å²) in [6.07, 6.45) is 3.51. The average Bonchev–Trinajstić information content (AvgIpc) is 2.27. The molecule has 1 heterocycles. The highest BCUT2D eigenvalue weighted by atomic mass is 16.3. The molecule has 1 fully saturated rings.